The Bertz CT molecular complexity index is 1980. The molecule has 0 N–H and O–H groups in total. The van der Waals surface area contributed by atoms with Crippen LogP contribution >= 0.6 is 34.0 Å². The van der Waals surface area contributed by atoms with Crippen LogP contribution in [0.15, 0.2) is 174 Å². The van der Waals surface area contributed by atoms with E-state index < -0.39 is 5.41 Å². The van der Waals surface area contributed by atoms with Gasteiger partial charge in [0, 0.05) is 20.2 Å². The van der Waals surface area contributed by atoms with Crippen LogP contribution in [0.25, 0.3) is 31.3 Å². The first-order valence-electron chi connectivity index (χ1n) is 15.7. The molecule has 47 heavy (non-hydrogen) atoms. The lowest BCUT2D eigenvalue weighted by Gasteiger charge is -2.37. The van der Waals surface area contributed by atoms with Gasteiger partial charge in [0.05, 0.1) is 11.3 Å². The van der Waals surface area contributed by atoms with Gasteiger partial charge in [0.1, 0.15) is 0 Å². The van der Waals surface area contributed by atoms with Gasteiger partial charge < -0.3 is 0 Å². The van der Waals surface area contributed by atoms with Crippen molar-refractivity contribution in [2.45, 2.75) is 5.41 Å². The molecule has 0 saturated heterocycles. The predicted octanol–water partition coefficient (Wildman–Crippen LogP) is 12.3. The summed E-state index contributed by atoms with van der Waals surface area (Å²) in [6.07, 6.45) is 8.39. The molecule has 224 valence electrons. The molecule has 3 aromatic heterocycles. The van der Waals surface area contributed by atoms with Gasteiger partial charge in [-0.3, -0.25) is 0 Å². The first-order valence-corrected chi connectivity index (χ1v) is 18.3. The first-order chi connectivity index (χ1) is 23.3. The molecule has 0 aliphatic heterocycles. The fourth-order valence-electron chi connectivity index (χ4n) is 6.48. The van der Waals surface area contributed by atoms with Crippen LogP contribution in [0, 0.1) is 17.8 Å². The average Bonchev–Trinajstić information content (AvgIpc) is 3.98. The van der Waals surface area contributed by atoms with E-state index in [2.05, 4.69) is 186 Å². The second-order valence-corrected chi connectivity index (χ2v) is 14.4. The normalized spacial score (nSPS) is 12.7. The molecule has 0 amide bonds. The Labute approximate surface area is 288 Å². The van der Waals surface area contributed by atoms with E-state index >= 15 is 0 Å². The molecular weight excluding hydrogens is 625 g/mol. The van der Waals surface area contributed by atoms with Gasteiger partial charge in [-0.15, -0.1) is 34.0 Å². The van der Waals surface area contributed by atoms with Gasteiger partial charge in [-0.2, -0.15) is 0 Å². The van der Waals surface area contributed by atoms with E-state index in [4.69, 9.17) is 0 Å². The molecule has 0 atom stereocenters. The molecule has 0 saturated carbocycles. The lowest BCUT2D eigenvalue weighted by Crippen LogP contribution is -2.31. The van der Waals surface area contributed by atoms with Crippen LogP contribution in [0.4, 0.5) is 0 Å². The molecule has 7 aromatic rings. The molecule has 0 radical (unpaired) electrons. The van der Waals surface area contributed by atoms with Crippen molar-refractivity contribution < 1.29 is 0 Å². The van der Waals surface area contributed by atoms with E-state index in [-0.39, 0.29) is 5.92 Å². The molecule has 1 aliphatic rings. The Hall–Kier alpha value is -4.98. The van der Waals surface area contributed by atoms with E-state index in [0.29, 0.717) is 0 Å². The summed E-state index contributed by atoms with van der Waals surface area (Å²) in [5.41, 5.74) is 9.06. The summed E-state index contributed by atoms with van der Waals surface area (Å²) in [6.45, 7) is 0. The van der Waals surface area contributed by atoms with E-state index in [0.717, 1.165) is 5.56 Å². The Balaban J connectivity index is 1.32. The molecule has 4 aromatic carbocycles. The van der Waals surface area contributed by atoms with Crippen LogP contribution in [0.1, 0.15) is 27.8 Å². The van der Waals surface area contributed by atoms with E-state index in [1.165, 1.54) is 53.6 Å². The zero-order chi connectivity index (χ0) is 31.5. The highest BCUT2D eigenvalue weighted by molar-refractivity contribution is 7.14. The Morgan fingerprint density at radius 1 is 0.426 bits per heavy atom. The summed E-state index contributed by atoms with van der Waals surface area (Å²) >= 11 is 5.32. The summed E-state index contributed by atoms with van der Waals surface area (Å²) in [7, 11) is 0. The Kier molecular flexibility index (Phi) is 8.15. The predicted molar refractivity (Wildman–Crippen MR) is 203 cm³/mol. The third-order valence-electron chi connectivity index (χ3n) is 8.82. The molecule has 0 unspecified atom stereocenters. The number of hydrogen-bond donors (Lipinski definition) is 0. The standard InChI is InChI=1S/C44H30S3/c1-2-7-32(6-1)11-12-33-13-21-37(22-14-33)44(38-23-15-34(16-24-38)41-8-3-29-45-41,39-25-17-35(18-26-39)42-9-4-30-46-42)40-27-19-36(20-28-40)43-10-5-31-47-43/h1-10,13-32H. The quantitative estimate of drug-likeness (QED) is 0.119. The lowest BCUT2D eigenvalue weighted by atomic mass is 9.64. The van der Waals surface area contributed by atoms with E-state index in [1.54, 1.807) is 34.0 Å². The maximum Gasteiger partial charge on any atom is 0.0701 e. The highest BCUT2D eigenvalue weighted by atomic mass is 32.1. The van der Waals surface area contributed by atoms with Crippen molar-refractivity contribution in [3.8, 4) is 43.2 Å². The van der Waals surface area contributed by atoms with Crippen LogP contribution < -0.4 is 0 Å². The van der Waals surface area contributed by atoms with Gasteiger partial charge in [0.15, 0.2) is 0 Å². The molecule has 8 rings (SSSR count). The van der Waals surface area contributed by atoms with Crippen molar-refractivity contribution >= 4 is 34.0 Å². The van der Waals surface area contributed by atoms with Gasteiger partial charge in [0.25, 0.3) is 0 Å². The summed E-state index contributed by atoms with van der Waals surface area (Å²) < 4.78 is 0. The Morgan fingerprint density at radius 2 is 0.787 bits per heavy atom. The molecule has 0 fully saturated rings. The van der Waals surface area contributed by atoms with Gasteiger partial charge in [-0.05, 0) is 85.4 Å². The van der Waals surface area contributed by atoms with Crippen LogP contribution in [0.2, 0.25) is 0 Å². The van der Waals surface area contributed by atoms with E-state index in [1.807, 2.05) is 0 Å². The zero-order valence-corrected chi connectivity index (χ0v) is 28.0. The second-order valence-electron chi connectivity index (χ2n) is 11.6. The first kappa shape index (κ1) is 29.4. The van der Waals surface area contributed by atoms with Crippen LogP contribution in [0.3, 0.4) is 0 Å². The van der Waals surface area contributed by atoms with Crippen molar-refractivity contribution in [1.82, 2.24) is 0 Å². The minimum Gasteiger partial charge on any atom is -0.144 e. The largest absolute Gasteiger partial charge is 0.144 e. The maximum atomic E-state index is 3.40. The molecule has 1 aliphatic carbocycles. The van der Waals surface area contributed by atoms with Crippen LogP contribution in [0.5, 0.6) is 0 Å². The molecule has 0 nitrogen and oxygen atoms in total. The number of hydrogen-bond acceptors (Lipinski definition) is 3. The van der Waals surface area contributed by atoms with Crippen LogP contribution in [-0.2, 0) is 5.41 Å². The molecule has 0 spiro atoms. The number of thiophene rings is 3. The Morgan fingerprint density at radius 3 is 1.13 bits per heavy atom. The zero-order valence-electron chi connectivity index (χ0n) is 25.5. The molecule has 0 bridgehead atoms. The van der Waals surface area contributed by atoms with Crippen molar-refractivity contribution in [3.63, 3.8) is 0 Å². The summed E-state index contributed by atoms with van der Waals surface area (Å²) in [5, 5.41) is 6.42. The number of rotatable bonds is 7. The smallest absolute Gasteiger partial charge is 0.0701 e. The van der Waals surface area contributed by atoms with Gasteiger partial charge in [-0.25, -0.2) is 0 Å². The van der Waals surface area contributed by atoms with Crippen molar-refractivity contribution in [2.75, 3.05) is 0 Å². The second kappa shape index (κ2) is 13.0. The van der Waals surface area contributed by atoms with Gasteiger partial charge in [0.2, 0.25) is 0 Å². The van der Waals surface area contributed by atoms with Crippen molar-refractivity contribution in [1.29, 1.82) is 0 Å². The highest BCUT2D eigenvalue weighted by Crippen LogP contribution is 2.47. The van der Waals surface area contributed by atoms with Crippen LogP contribution in [-0.4, -0.2) is 0 Å². The fraction of sp³-hybridized carbons (Fsp3) is 0.0455. The number of allylic oxidation sites excluding steroid dienone is 4. The summed E-state index contributed by atoms with van der Waals surface area (Å²) in [6, 6.07) is 49.4. The van der Waals surface area contributed by atoms with Gasteiger partial charge >= 0.3 is 0 Å². The minimum absolute atomic E-state index is 0.180. The topological polar surface area (TPSA) is 0 Å². The van der Waals surface area contributed by atoms with Crippen molar-refractivity contribution in [2.24, 2.45) is 5.92 Å². The maximum absolute atomic E-state index is 3.40. The molecular formula is C44H30S3. The fourth-order valence-corrected chi connectivity index (χ4v) is 8.68. The van der Waals surface area contributed by atoms with E-state index in [9.17, 15) is 0 Å². The third-order valence-corrected chi connectivity index (χ3v) is 11.6. The molecule has 3 heteroatoms. The summed E-state index contributed by atoms with van der Waals surface area (Å²) in [5.74, 6) is 6.97. The number of benzene rings is 4. The lowest BCUT2D eigenvalue weighted by molar-refractivity contribution is 0.745. The monoisotopic (exact) mass is 654 g/mol. The summed E-state index contributed by atoms with van der Waals surface area (Å²) in [4.78, 5) is 3.83. The highest BCUT2D eigenvalue weighted by Gasteiger charge is 2.38. The average molecular weight is 655 g/mol. The minimum atomic E-state index is -0.557. The SMILES string of the molecule is C(#CC1C=CC=C1)c1ccc(C(c2ccc(-c3cccs3)cc2)(c2ccc(-c3cccs3)cc2)c2ccc(-c3cccs3)cc2)cc1. The third kappa shape index (κ3) is 5.77. The van der Waals surface area contributed by atoms with Gasteiger partial charge in [-0.1, -0.05) is 139 Å². The van der Waals surface area contributed by atoms with Crippen molar-refractivity contribution in [3.05, 3.63) is 202 Å². The molecule has 3 heterocycles.